The van der Waals surface area contributed by atoms with Crippen molar-refractivity contribution in [1.29, 1.82) is 0 Å². The van der Waals surface area contributed by atoms with E-state index in [1.165, 1.54) is 28.6 Å². The van der Waals surface area contributed by atoms with Gasteiger partial charge in [-0.15, -0.1) is 0 Å². The maximum absolute atomic E-state index is 13.1. The Hall–Kier alpha value is -3.91. The van der Waals surface area contributed by atoms with Gasteiger partial charge in [0.15, 0.2) is 6.61 Å². The minimum absolute atomic E-state index is 0.179. The van der Waals surface area contributed by atoms with E-state index in [4.69, 9.17) is 4.74 Å². The Kier molecular flexibility index (Phi) is 7.31. The molecule has 1 heterocycles. The van der Waals surface area contributed by atoms with Crippen LogP contribution in [0.15, 0.2) is 89.8 Å². The molecule has 8 heteroatoms. The second-order valence-corrected chi connectivity index (χ2v) is 10.0. The Bertz CT molecular complexity index is 1340. The summed E-state index contributed by atoms with van der Waals surface area (Å²) >= 11 is 0. The normalized spacial score (nSPS) is 13.9. The smallest absolute Gasteiger partial charge is 0.331 e. The van der Waals surface area contributed by atoms with Gasteiger partial charge in [0, 0.05) is 12.6 Å². The van der Waals surface area contributed by atoms with Crippen molar-refractivity contribution in [2.24, 2.45) is 0 Å². The summed E-state index contributed by atoms with van der Waals surface area (Å²) < 4.78 is 32.6. The lowest BCUT2D eigenvalue weighted by atomic mass is 10.1. The lowest BCUT2D eigenvalue weighted by Gasteiger charge is -2.19. The number of ether oxygens (including phenoxy) is 1. The molecular weight excluding hydrogens is 464 g/mol. The molecule has 7 nitrogen and oxygen atoms in total. The van der Waals surface area contributed by atoms with E-state index in [0.717, 1.165) is 11.1 Å². The van der Waals surface area contributed by atoms with E-state index < -0.39 is 28.5 Å². The highest BCUT2D eigenvalue weighted by atomic mass is 32.2. The number of esters is 1. The quantitative estimate of drug-likeness (QED) is 0.382. The van der Waals surface area contributed by atoms with Crippen molar-refractivity contribution < 1.29 is 22.7 Å². The summed E-state index contributed by atoms with van der Waals surface area (Å²) in [7, 11) is -3.68. The van der Waals surface area contributed by atoms with E-state index in [0.29, 0.717) is 24.2 Å². The van der Waals surface area contributed by atoms with Crippen LogP contribution in [0.3, 0.4) is 0 Å². The molecule has 0 saturated carbocycles. The number of sulfonamides is 1. The van der Waals surface area contributed by atoms with Gasteiger partial charge in [0.1, 0.15) is 0 Å². The van der Waals surface area contributed by atoms with Crippen LogP contribution in [0.5, 0.6) is 0 Å². The number of para-hydroxylation sites is 1. The molecule has 1 amide bonds. The Balaban J connectivity index is 1.30. The first-order valence-corrected chi connectivity index (χ1v) is 12.7. The van der Waals surface area contributed by atoms with E-state index in [2.05, 4.69) is 5.32 Å². The third-order valence-electron chi connectivity index (χ3n) is 5.75. The van der Waals surface area contributed by atoms with E-state index in [1.54, 1.807) is 12.1 Å². The van der Waals surface area contributed by atoms with Gasteiger partial charge in [0.05, 0.1) is 16.6 Å². The van der Waals surface area contributed by atoms with E-state index in [-0.39, 0.29) is 10.9 Å². The molecule has 1 N–H and O–H groups in total. The van der Waals surface area contributed by atoms with Crippen LogP contribution in [0.2, 0.25) is 0 Å². The zero-order chi connectivity index (χ0) is 24.8. The molecule has 1 unspecified atom stereocenters. The van der Waals surface area contributed by atoms with Crippen LogP contribution in [0.4, 0.5) is 5.69 Å². The topological polar surface area (TPSA) is 92.8 Å². The van der Waals surface area contributed by atoms with Gasteiger partial charge in [-0.2, -0.15) is 0 Å². The summed E-state index contributed by atoms with van der Waals surface area (Å²) in [5.41, 5.74) is 3.30. The molecule has 0 spiro atoms. The molecule has 0 saturated heterocycles. The van der Waals surface area contributed by atoms with Crippen LogP contribution in [0, 0.1) is 0 Å². The number of rotatable bonds is 8. The fourth-order valence-corrected chi connectivity index (χ4v) is 5.40. The van der Waals surface area contributed by atoms with Crippen LogP contribution in [-0.4, -0.2) is 33.4 Å². The lowest BCUT2D eigenvalue weighted by Crippen LogP contribution is -2.30. The average molecular weight is 491 g/mol. The van der Waals surface area contributed by atoms with Crippen molar-refractivity contribution in [1.82, 2.24) is 5.32 Å². The number of benzene rings is 3. The Morgan fingerprint density at radius 3 is 2.43 bits per heavy atom. The molecular formula is C27H26N2O5S. The molecule has 0 bridgehead atoms. The number of nitrogens with zero attached hydrogens (tertiary/aromatic N) is 1. The molecule has 0 fully saturated rings. The van der Waals surface area contributed by atoms with Crippen LogP contribution >= 0.6 is 0 Å². The summed E-state index contributed by atoms with van der Waals surface area (Å²) in [4.78, 5) is 24.2. The van der Waals surface area contributed by atoms with Gasteiger partial charge in [0.25, 0.3) is 15.9 Å². The summed E-state index contributed by atoms with van der Waals surface area (Å²) in [6.45, 7) is 1.86. The highest BCUT2D eigenvalue weighted by Gasteiger charge is 2.30. The minimum atomic E-state index is -3.68. The summed E-state index contributed by atoms with van der Waals surface area (Å²) in [5.74, 6) is -1.07. The van der Waals surface area contributed by atoms with Gasteiger partial charge in [-0.25, -0.2) is 13.2 Å². The highest BCUT2D eigenvalue weighted by Crippen LogP contribution is 2.32. The SMILES string of the molecule is CC(NC(=O)COC(=O)/C=C/c1ccc(S(=O)(=O)N2CCc3ccccc32)cc1)c1ccccc1. The molecule has 3 aromatic rings. The molecule has 4 rings (SSSR count). The second-order valence-electron chi connectivity index (χ2n) is 8.17. The van der Waals surface area contributed by atoms with E-state index >= 15 is 0 Å². The van der Waals surface area contributed by atoms with Crippen molar-refractivity contribution in [3.63, 3.8) is 0 Å². The van der Waals surface area contributed by atoms with Gasteiger partial charge < -0.3 is 10.1 Å². The first kappa shape index (κ1) is 24.2. The van der Waals surface area contributed by atoms with Crippen molar-refractivity contribution in [2.45, 2.75) is 24.3 Å². The molecule has 35 heavy (non-hydrogen) atoms. The first-order valence-electron chi connectivity index (χ1n) is 11.2. The monoisotopic (exact) mass is 490 g/mol. The summed E-state index contributed by atoms with van der Waals surface area (Å²) in [6.07, 6.45) is 3.39. The van der Waals surface area contributed by atoms with Crippen molar-refractivity contribution in [3.05, 3.63) is 102 Å². The van der Waals surface area contributed by atoms with Gasteiger partial charge in [-0.05, 0) is 54.3 Å². The van der Waals surface area contributed by atoms with Crippen molar-refractivity contribution in [3.8, 4) is 0 Å². The van der Waals surface area contributed by atoms with Crippen molar-refractivity contribution in [2.75, 3.05) is 17.5 Å². The number of carbonyl (C=O) groups is 2. The Morgan fingerprint density at radius 2 is 1.69 bits per heavy atom. The standard InChI is InChI=1S/C27H26N2O5S/c1-20(22-7-3-2-4-8-22)28-26(30)19-34-27(31)16-13-21-11-14-24(15-12-21)35(32,33)29-18-17-23-9-5-6-10-25(23)29/h2-16,20H,17-19H2,1H3,(H,28,30)/b16-13+. The fraction of sp³-hybridized carbons (Fsp3) is 0.185. The number of hydrogen-bond acceptors (Lipinski definition) is 5. The molecule has 3 aromatic carbocycles. The molecule has 0 aliphatic carbocycles. The van der Waals surface area contributed by atoms with Gasteiger partial charge in [-0.1, -0.05) is 60.7 Å². The average Bonchev–Trinajstić information content (AvgIpc) is 3.32. The maximum Gasteiger partial charge on any atom is 0.331 e. The zero-order valence-corrected chi connectivity index (χ0v) is 20.1. The highest BCUT2D eigenvalue weighted by molar-refractivity contribution is 7.92. The van der Waals surface area contributed by atoms with Gasteiger partial charge in [0.2, 0.25) is 0 Å². The lowest BCUT2D eigenvalue weighted by molar-refractivity contribution is -0.144. The number of carbonyl (C=O) groups excluding carboxylic acids is 2. The minimum Gasteiger partial charge on any atom is -0.452 e. The van der Waals surface area contributed by atoms with Crippen LogP contribution < -0.4 is 9.62 Å². The Morgan fingerprint density at radius 1 is 1.00 bits per heavy atom. The molecule has 0 radical (unpaired) electrons. The van der Waals surface area contributed by atoms with Crippen LogP contribution in [0.1, 0.15) is 29.7 Å². The van der Waals surface area contributed by atoms with Gasteiger partial charge >= 0.3 is 5.97 Å². The maximum atomic E-state index is 13.1. The number of hydrogen-bond donors (Lipinski definition) is 1. The predicted octanol–water partition coefficient (Wildman–Crippen LogP) is 3.87. The largest absolute Gasteiger partial charge is 0.452 e. The summed E-state index contributed by atoms with van der Waals surface area (Å²) in [6, 6.07) is 23.0. The number of nitrogens with one attached hydrogen (secondary N) is 1. The summed E-state index contributed by atoms with van der Waals surface area (Å²) in [5, 5.41) is 2.77. The third kappa shape index (κ3) is 5.78. The number of amides is 1. The molecule has 180 valence electrons. The van der Waals surface area contributed by atoms with E-state index in [9.17, 15) is 18.0 Å². The first-order chi connectivity index (χ1) is 16.8. The molecule has 1 aliphatic heterocycles. The van der Waals surface area contributed by atoms with Crippen LogP contribution in [0.25, 0.3) is 6.08 Å². The fourth-order valence-electron chi connectivity index (χ4n) is 3.89. The van der Waals surface area contributed by atoms with Crippen LogP contribution in [-0.2, 0) is 30.8 Å². The van der Waals surface area contributed by atoms with Gasteiger partial charge in [-0.3, -0.25) is 9.10 Å². The molecule has 0 aromatic heterocycles. The predicted molar refractivity (Wildman–Crippen MR) is 134 cm³/mol. The number of fused-ring (bicyclic) bond motifs is 1. The third-order valence-corrected chi connectivity index (χ3v) is 7.57. The Labute approximate surface area is 205 Å². The molecule has 1 atom stereocenters. The second kappa shape index (κ2) is 10.6. The van der Waals surface area contributed by atoms with E-state index in [1.807, 2.05) is 61.5 Å². The van der Waals surface area contributed by atoms with Crippen molar-refractivity contribution >= 4 is 33.7 Å². The molecule has 1 aliphatic rings. The number of anilines is 1. The zero-order valence-electron chi connectivity index (χ0n) is 19.3.